The first-order valence-corrected chi connectivity index (χ1v) is 20.9. The maximum Gasteiger partial charge on any atom is 0.0543 e. The van der Waals surface area contributed by atoms with E-state index in [2.05, 4.69) is 189 Å². The summed E-state index contributed by atoms with van der Waals surface area (Å²) in [5.74, 6) is 2.78. The van der Waals surface area contributed by atoms with Crippen molar-refractivity contribution in [3.63, 3.8) is 0 Å². The van der Waals surface area contributed by atoms with Gasteiger partial charge in [-0.1, -0.05) is 147 Å². The average Bonchev–Trinajstić information content (AvgIpc) is 3.46. The van der Waals surface area contributed by atoms with Gasteiger partial charge in [0.2, 0.25) is 0 Å². The van der Waals surface area contributed by atoms with Gasteiger partial charge < -0.3 is 4.90 Å². The van der Waals surface area contributed by atoms with Crippen molar-refractivity contribution < 1.29 is 0 Å². The molecule has 5 aliphatic rings. The Morgan fingerprint density at radius 2 is 0.875 bits per heavy atom. The molecule has 1 heteroatoms. The molecule has 0 amide bonds. The van der Waals surface area contributed by atoms with Gasteiger partial charge in [0.25, 0.3) is 0 Å². The molecule has 274 valence electrons. The van der Waals surface area contributed by atoms with E-state index in [1.165, 1.54) is 111 Å². The topological polar surface area (TPSA) is 3.24 Å². The molecule has 1 nitrogen and oxygen atoms in total. The molecular formula is C55H49N. The Labute approximate surface area is 332 Å². The summed E-state index contributed by atoms with van der Waals surface area (Å²) in [7, 11) is 0. The molecule has 0 aromatic heterocycles. The molecule has 0 atom stereocenters. The summed E-state index contributed by atoms with van der Waals surface area (Å²) in [6.45, 7) is 4.79. The van der Waals surface area contributed by atoms with Crippen molar-refractivity contribution >= 4 is 17.1 Å². The van der Waals surface area contributed by atoms with E-state index in [0.717, 1.165) is 17.8 Å². The van der Waals surface area contributed by atoms with E-state index in [4.69, 9.17) is 0 Å². The van der Waals surface area contributed by atoms with Crippen molar-refractivity contribution in [2.75, 3.05) is 4.90 Å². The number of anilines is 3. The van der Waals surface area contributed by atoms with Crippen LogP contribution in [-0.2, 0) is 10.8 Å². The Bertz CT molecular complexity index is 2530. The van der Waals surface area contributed by atoms with E-state index < -0.39 is 0 Å². The summed E-state index contributed by atoms with van der Waals surface area (Å²) >= 11 is 0. The lowest BCUT2D eigenvalue weighted by molar-refractivity contribution is -0.00518. The second kappa shape index (κ2) is 13.0. The average molecular weight is 724 g/mol. The van der Waals surface area contributed by atoms with Crippen LogP contribution in [-0.4, -0.2) is 0 Å². The Morgan fingerprint density at radius 1 is 0.411 bits per heavy atom. The van der Waals surface area contributed by atoms with Gasteiger partial charge in [0, 0.05) is 22.4 Å². The number of rotatable bonds is 7. The minimum atomic E-state index is -0.116. The lowest BCUT2D eigenvalue weighted by Gasteiger charge is -2.57. The zero-order chi connectivity index (χ0) is 37.4. The first-order valence-electron chi connectivity index (χ1n) is 20.9. The normalized spacial score (nSPS) is 22.4. The zero-order valence-electron chi connectivity index (χ0n) is 32.6. The van der Waals surface area contributed by atoms with Crippen molar-refractivity contribution in [1.29, 1.82) is 0 Å². The molecule has 0 aliphatic heterocycles. The van der Waals surface area contributed by atoms with Crippen molar-refractivity contribution in [2.24, 2.45) is 17.8 Å². The zero-order valence-corrected chi connectivity index (χ0v) is 32.6. The van der Waals surface area contributed by atoms with Crippen molar-refractivity contribution in [2.45, 2.75) is 63.2 Å². The summed E-state index contributed by atoms with van der Waals surface area (Å²) in [5.41, 5.74) is 18.3. The standard InChI is InChI=1S/C55H49N/c1-54(2)51-20-12-11-19-48(51)50-32-49(41-15-7-4-8-16-41)53(33-52(50)54)56(45-27-23-43(24-28-45)55-34-37-29-38(35-55)31-39(30-37)36-55)44-25-21-42(22-26-44)47-18-10-9-17-46(47)40-13-5-3-6-14-40/h3-28,32-33,37-39H,29-31,34-36H2,1-2H3. The van der Waals surface area contributed by atoms with Crippen LogP contribution in [0.25, 0.3) is 44.5 Å². The molecular weight excluding hydrogens is 675 g/mol. The number of fused-ring (bicyclic) bond motifs is 3. The van der Waals surface area contributed by atoms with Gasteiger partial charge in [-0.05, 0) is 154 Å². The van der Waals surface area contributed by atoms with Crippen LogP contribution in [0.2, 0.25) is 0 Å². The highest BCUT2D eigenvalue weighted by atomic mass is 15.1. The van der Waals surface area contributed by atoms with E-state index >= 15 is 0 Å². The lowest BCUT2D eigenvalue weighted by atomic mass is 9.48. The van der Waals surface area contributed by atoms with Gasteiger partial charge in [0.05, 0.1) is 5.69 Å². The SMILES string of the molecule is CC1(C)c2ccccc2-c2cc(-c3ccccc3)c(N(c3ccc(-c4ccccc4-c4ccccc4)cc3)c3ccc(C45CC6CC(CC(C6)C4)C5)cc3)cc21. The third-order valence-electron chi connectivity index (χ3n) is 14.2. The number of hydrogen-bond donors (Lipinski definition) is 0. The fourth-order valence-electron chi connectivity index (χ4n) is 12.0. The molecule has 0 radical (unpaired) electrons. The van der Waals surface area contributed by atoms with Crippen LogP contribution < -0.4 is 4.90 Å². The molecule has 0 N–H and O–H groups in total. The van der Waals surface area contributed by atoms with Crippen LogP contribution in [0.3, 0.4) is 0 Å². The van der Waals surface area contributed by atoms with Gasteiger partial charge in [-0.2, -0.15) is 0 Å². The van der Waals surface area contributed by atoms with Crippen LogP contribution in [0.5, 0.6) is 0 Å². The maximum absolute atomic E-state index is 2.54. The number of benzene rings is 7. The second-order valence-corrected chi connectivity index (χ2v) is 18.0. The summed E-state index contributed by atoms with van der Waals surface area (Å²) in [6, 6.07) is 63.8. The van der Waals surface area contributed by atoms with Gasteiger partial charge in [-0.3, -0.25) is 0 Å². The largest absolute Gasteiger partial charge is 0.310 e. The quantitative estimate of drug-likeness (QED) is 0.158. The lowest BCUT2D eigenvalue weighted by Crippen LogP contribution is -2.48. The molecule has 0 heterocycles. The first kappa shape index (κ1) is 33.7. The monoisotopic (exact) mass is 723 g/mol. The third kappa shape index (κ3) is 5.42. The summed E-state index contributed by atoms with van der Waals surface area (Å²) in [5, 5.41) is 0. The second-order valence-electron chi connectivity index (χ2n) is 18.0. The van der Waals surface area contributed by atoms with E-state index in [0.29, 0.717) is 5.41 Å². The van der Waals surface area contributed by atoms with Gasteiger partial charge in [-0.15, -0.1) is 0 Å². The highest BCUT2D eigenvalue weighted by Crippen LogP contribution is 2.61. The molecule has 0 spiro atoms. The van der Waals surface area contributed by atoms with Gasteiger partial charge in [0.15, 0.2) is 0 Å². The fourth-order valence-corrected chi connectivity index (χ4v) is 12.0. The van der Waals surface area contributed by atoms with Gasteiger partial charge in [0.1, 0.15) is 0 Å². The Hall–Kier alpha value is -5.66. The van der Waals surface area contributed by atoms with E-state index in [1.54, 1.807) is 5.56 Å². The summed E-state index contributed by atoms with van der Waals surface area (Å²) in [6.07, 6.45) is 8.55. The van der Waals surface area contributed by atoms with Crippen molar-refractivity contribution in [1.82, 2.24) is 0 Å². The molecule has 56 heavy (non-hydrogen) atoms. The molecule has 4 fully saturated rings. The van der Waals surface area contributed by atoms with E-state index in [1.807, 2.05) is 0 Å². The molecule has 5 aliphatic carbocycles. The fraction of sp³-hybridized carbons (Fsp3) is 0.236. The molecule has 7 aromatic carbocycles. The molecule has 0 unspecified atom stereocenters. The third-order valence-corrected chi connectivity index (χ3v) is 14.2. The highest BCUT2D eigenvalue weighted by Gasteiger charge is 2.51. The Morgan fingerprint density at radius 3 is 1.45 bits per heavy atom. The predicted octanol–water partition coefficient (Wildman–Crippen LogP) is 14.9. The molecule has 12 rings (SSSR count). The molecule has 4 bridgehead atoms. The first-order chi connectivity index (χ1) is 27.4. The van der Waals surface area contributed by atoms with Crippen LogP contribution in [0, 0.1) is 17.8 Å². The summed E-state index contributed by atoms with van der Waals surface area (Å²) in [4.78, 5) is 2.54. The molecule has 0 saturated heterocycles. The Balaban J connectivity index is 1.08. The van der Waals surface area contributed by atoms with Gasteiger partial charge >= 0.3 is 0 Å². The number of nitrogens with zero attached hydrogens (tertiary/aromatic N) is 1. The van der Waals surface area contributed by atoms with Crippen LogP contribution in [0.15, 0.2) is 170 Å². The van der Waals surface area contributed by atoms with Crippen molar-refractivity contribution in [3.8, 4) is 44.5 Å². The molecule has 7 aromatic rings. The minimum absolute atomic E-state index is 0.116. The summed E-state index contributed by atoms with van der Waals surface area (Å²) < 4.78 is 0. The van der Waals surface area contributed by atoms with Gasteiger partial charge in [-0.25, -0.2) is 0 Å². The van der Waals surface area contributed by atoms with Crippen molar-refractivity contribution in [3.05, 3.63) is 187 Å². The molecule has 4 saturated carbocycles. The van der Waals surface area contributed by atoms with Crippen LogP contribution >= 0.6 is 0 Å². The highest BCUT2D eigenvalue weighted by molar-refractivity contribution is 5.95. The Kier molecular flexibility index (Phi) is 7.79. The maximum atomic E-state index is 2.54. The van der Waals surface area contributed by atoms with E-state index in [-0.39, 0.29) is 5.41 Å². The minimum Gasteiger partial charge on any atom is -0.310 e. The van der Waals surface area contributed by atoms with E-state index in [9.17, 15) is 0 Å². The van der Waals surface area contributed by atoms with Crippen LogP contribution in [0.1, 0.15) is 69.1 Å². The number of hydrogen-bond acceptors (Lipinski definition) is 1. The van der Waals surface area contributed by atoms with Crippen LogP contribution in [0.4, 0.5) is 17.1 Å². The predicted molar refractivity (Wildman–Crippen MR) is 235 cm³/mol. The smallest absolute Gasteiger partial charge is 0.0543 e.